The number of ketones is 1. The topological polar surface area (TPSA) is 159 Å². The van der Waals surface area contributed by atoms with Gasteiger partial charge in [-0.1, -0.05) is 12.1 Å². The van der Waals surface area contributed by atoms with Crippen LogP contribution in [-0.2, 0) is 9.53 Å². The van der Waals surface area contributed by atoms with Crippen molar-refractivity contribution in [2.45, 2.75) is 6.42 Å². The van der Waals surface area contributed by atoms with Gasteiger partial charge in [0.25, 0.3) is 17.5 Å². The van der Waals surface area contributed by atoms with Crippen LogP contribution in [0, 0.1) is 10.1 Å². The van der Waals surface area contributed by atoms with E-state index in [1.165, 1.54) is 49.6 Å². The van der Waals surface area contributed by atoms with Gasteiger partial charge in [0.05, 0.1) is 29.6 Å². The molecular weight excluding hydrogens is 512 g/mol. The number of hydrogen-bond acceptors (Lipinski definition) is 10. The third kappa shape index (κ3) is 5.80. The smallest absolute Gasteiger partial charge is 0.343 e. The number of ether oxygens (including phenoxy) is 3. The van der Waals surface area contributed by atoms with Crippen molar-refractivity contribution in [3.05, 3.63) is 99.1 Å². The molecule has 0 N–H and O–H groups in total. The van der Waals surface area contributed by atoms with Crippen molar-refractivity contribution in [1.29, 1.82) is 0 Å². The minimum atomic E-state index is -0.877. The van der Waals surface area contributed by atoms with E-state index in [9.17, 15) is 34.1 Å². The Kier molecular flexibility index (Phi) is 7.75. The highest BCUT2D eigenvalue weighted by molar-refractivity contribution is 6.23. The van der Waals surface area contributed by atoms with Gasteiger partial charge in [0.2, 0.25) is 0 Å². The molecule has 2 amide bonds. The number of nitro groups is 1. The molecule has 4 rings (SSSR count). The summed E-state index contributed by atoms with van der Waals surface area (Å²) in [6.07, 6.45) is -0.411. The third-order valence-electron chi connectivity index (χ3n) is 5.77. The van der Waals surface area contributed by atoms with E-state index in [-0.39, 0.29) is 34.5 Å². The summed E-state index contributed by atoms with van der Waals surface area (Å²) in [6, 6.07) is 15.7. The largest absolute Gasteiger partial charge is 0.497 e. The van der Waals surface area contributed by atoms with Crippen LogP contribution in [0.3, 0.4) is 0 Å². The molecule has 3 aromatic carbocycles. The predicted molar refractivity (Wildman–Crippen MR) is 133 cm³/mol. The van der Waals surface area contributed by atoms with Gasteiger partial charge in [0.1, 0.15) is 17.1 Å². The Hall–Kier alpha value is -5.39. The lowest BCUT2D eigenvalue weighted by Crippen LogP contribution is -2.32. The average molecular weight is 532 g/mol. The molecule has 12 nitrogen and oxygen atoms in total. The van der Waals surface area contributed by atoms with E-state index in [1.807, 2.05) is 0 Å². The van der Waals surface area contributed by atoms with Crippen molar-refractivity contribution in [1.82, 2.24) is 4.90 Å². The predicted octanol–water partition coefficient (Wildman–Crippen LogP) is 3.23. The lowest BCUT2D eigenvalue weighted by Gasteiger charge is -2.13. The zero-order valence-electron chi connectivity index (χ0n) is 20.4. The molecule has 3 aromatic rings. The summed E-state index contributed by atoms with van der Waals surface area (Å²) >= 11 is 0. The van der Waals surface area contributed by atoms with Gasteiger partial charge in [-0.25, -0.2) is 4.79 Å². The minimum Gasteiger partial charge on any atom is -0.497 e. The lowest BCUT2D eigenvalue weighted by molar-refractivity contribution is -0.385. The first kappa shape index (κ1) is 26.7. The summed E-state index contributed by atoms with van der Waals surface area (Å²) < 4.78 is 15.3. The fourth-order valence-corrected chi connectivity index (χ4v) is 3.80. The van der Waals surface area contributed by atoms with E-state index in [0.29, 0.717) is 5.75 Å². The molecule has 1 aliphatic heterocycles. The minimum absolute atomic E-state index is 0.115. The van der Waals surface area contributed by atoms with Crippen LogP contribution in [0.1, 0.15) is 47.9 Å². The molecule has 1 heterocycles. The van der Waals surface area contributed by atoms with Crippen LogP contribution in [0.4, 0.5) is 5.69 Å². The number of methoxy groups -OCH3 is 1. The number of hydrogen-bond donors (Lipinski definition) is 0. The van der Waals surface area contributed by atoms with Crippen molar-refractivity contribution < 1.29 is 43.1 Å². The van der Waals surface area contributed by atoms with Crippen molar-refractivity contribution in [2.24, 2.45) is 0 Å². The number of carbonyl (C=O) groups is 5. The molecule has 0 saturated carbocycles. The van der Waals surface area contributed by atoms with Crippen LogP contribution in [0.2, 0.25) is 0 Å². The van der Waals surface area contributed by atoms with Crippen molar-refractivity contribution >= 4 is 35.2 Å². The number of nitro benzene ring substituents is 1. The first-order valence-corrected chi connectivity index (χ1v) is 11.5. The second-order valence-electron chi connectivity index (χ2n) is 8.20. The number of carbonyl (C=O) groups excluding carboxylic acids is 5. The van der Waals surface area contributed by atoms with Gasteiger partial charge in [0.15, 0.2) is 12.4 Å². The maximum Gasteiger partial charge on any atom is 0.343 e. The number of rotatable bonds is 10. The molecule has 0 saturated heterocycles. The van der Waals surface area contributed by atoms with Gasteiger partial charge in [-0.3, -0.25) is 34.2 Å². The Morgan fingerprint density at radius 2 is 1.62 bits per heavy atom. The molecule has 0 bridgehead atoms. The van der Waals surface area contributed by atoms with Crippen LogP contribution in [0.15, 0.2) is 66.7 Å². The van der Waals surface area contributed by atoms with E-state index in [0.717, 1.165) is 11.0 Å². The van der Waals surface area contributed by atoms with Crippen LogP contribution in [0.25, 0.3) is 0 Å². The Morgan fingerprint density at radius 3 is 2.31 bits per heavy atom. The summed E-state index contributed by atoms with van der Waals surface area (Å²) in [5, 5.41) is 11.2. The fourth-order valence-electron chi connectivity index (χ4n) is 3.80. The van der Waals surface area contributed by atoms with Crippen LogP contribution >= 0.6 is 0 Å². The summed E-state index contributed by atoms with van der Waals surface area (Å²) in [5.74, 6) is -2.95. The van der Waals surface area contributed by atoms with Gasteiger partial charge >= 0.3 is 11.9 Å². The van der Waals surface area contributed by atoms with Crippen molar-refractivity contribution in [3.8, 4) is 11.5 Å². The number of nitrogens with zero attached hydrogens (tertiary/aromatic N) is 2. The molecular formula is C27H20N2O10. The van der Waals surface area contributed by atoms with Crippen LogP contribution < -0.4 is 9.47 Å². The number of benzene rings is 3. The molecule has 0 radical (unpaired) electrons. The highest BCUT2D eigenvalue weighted by Crippen LogP contribution is 2.30. The van der Waals surface area contributed by atoms with Crippen molar-refractivity contribution in [3.63, 3.8) is 0 Å². The zero-order chi connectivity index (χ0) is 28.1. The van der Waals surface area contributed by atoms with E-state index < -0.39 is 53.2 Å². The Morgan fingerprint density at radius 1 is 0.897 bits per heavy atom. The van der Waals surface area contributed by atoms with Gasteiger partial charge in [-0.05, 0) is 48.5 Å². The van der Waals surface area contributed by atoms with Gasteiger partial charge < -0.3 is 14.2 Å². The SMILES string of the molecule is COc1cccc(C(=O)Oc2ccc(C(=O)COC(=O)CCN3C(=O)c4cccc([N+](=O)[O-])c4C3=O)cc2)c1. The maximum atomic E-state index is 12.6. The first-order chi connectivity index (χ1) is 18.7. The van der Waals surface area contributed by atoms with E-state index in [1.54, 1.807) is 18.2 Å². The maximum absolute atomic E-state index is 12.6. The molecule has 39 heavy (non-hydrogen) atoms. The summed E-state index contributed by atoms with van der Waals surface area (Å²) in [7, 11) is 1.47. The Balaban J connectivity index is 1.27. The van der Waals surface area contributed by atoms with E-state index in [2.05, 4.69) is 0 Å². The Bertz CT molecular complexity index is 1500. The molecule has 12 heteroatoms. The number of fused-ring (bicyclic) bond motifs is 1. The van der Waals surface area contributed by atoms with Crippen LogP contribution in [-0.4, -0.2) is 59.6 Å². The molecule has 0 fully saturated rings. The Labute approximate surface area is 220 Å². The molecule has 0 aliphatic carbocycles. The van der Waals surface area contributed by atoms with Gasteiger partial charge in [-0.2, -0.15) is 0 Å². The van der Waals surface area contributed by atoms with Crippen LogP contribution in [0.5, 0.6) is 11.5 Å². The monoisotopic (exact) mass is 532 g/mol. The van der Waals surface area contributed by atoms with Gasteiger partial charge in [-0.15, -0.1) is 0 Å². The third-order valence-corrected chi connectivity index (χ3v) is 5.77. The summed E-state index contributed by atoms with van der Waals surface area (Å²) in [6.45, 7) is -0.973. The second kappa shape index (κ2) is 11.3. The highest BCUT2D eigenvalue weighted by atomic mass is 16.6. The fraction of sp³-hybridized carbons (Fsp3) is 0.148. The molecule has 0 atom stereocenters. The highest BCUT2D eigenvalue weighted by Gasteiger charge is 2.40. The molecule has 0 unspecified atom stereocenters. The first-order valence-electron chi connectivity index (χ1n) is 11.5. The quantitative estimate of drug-likeness (QED) is 0.0947. The number of amides is 2. The molecule has 0 aromatic heterocycles. The average Bonchev–Trinajstić information content (AvgIpc) is 3.19. The second-order valence-corrected chi connectivity index (χ2v) is 8.20. The lowest BCUT2D eigenvalue weighted by atomic mass is 10.1. The summed E-state index contributed by atoms with van der Waals surface area (Å²) in [5.41, 5.74) is -0.468. The number of imide groups is 1. The summed E-state index contributed by atoms with van der Waals surface area (Å²) in [4.78, 5) is 73.1. The normalized spacial score (nSPS) is 12.1. The zero-order valence-corrected chi connectivity index (χ0v) is 20.4. The molecule has 198 valence electrons. The van der Waals surface area contributed by atoms with E-state index >= 15 is 0 Å². The standard InChI is InChI=1S/C27H20N2O10/c1-37-19-5-2-4-17(14-19)27(34)39-18-10-8-16(9-11-18)22(30)15-38-23(31)12-13-28-25(32)20-6-3-7-21(29(35)36)24(20)26(28)33/h2-11,14H,12-13,15H2,1H3. The number of esters is 2. The number of Topliss-reactive ketones (excluding diaryl/α,β-unsaturated/α-hetero) is 1. The molecule has 1 aliphatic rings. The molecule has 0 spiro atoms. The van der Waals surface area contributed by atoms with E-state index in [4.69, 9.17) is 14.2 Å². The van der Waals surface area contributed by atoms with Crippen molar-refractivity contribution in [2.75, 3.05) is 20.3 Å². The van der Waals surface area contributed by atoms with Gasteiger partial charge in [0, 0.05) is 18.2 Å².